The van der Waals surface area contributed by atoms with Crippen molar-refractivity contribution in [2.24, 2.45) is 28.8 Å². The summed E-state index contributed by atoms with van der Waals surface area (Å²) in [4.78, 5) is 25.0. The van der Waals surface area contributed by atoms with Gasteiger partial charge in [0.25, 0.3) is 11.8 Å². The number of ether oxygens (including phenoxy) is 2. The SMILES string of the molecule is O=C1[C@@H]2[C@@H](C(=O)N1/N=C\c1ccc3c(c1)OCO3)[C@H]1C=C[C@H]2C1. The van der Waals surface area contributed by atoms with Crippen LogP contribution in [0.3, 0.4) is 0 Å². The summed E-state index contributed by atoms with van der Waals surface area (Å²) in [5, 5.41) is 5.19. The van der Waals surface area contributed by atoms with E-state index in [2.05, 4.69) is 17.3 Å². The largest absolute Gasteiger partial charge is 0.454 e. The maximum atomic E-state index is 12.5. The van der Waals surface area contributed by atoms with Crippen molar-refractivity contribution in [2.45, 2.75) is 6.42 Å². The van der Waals surface area contributed by atoms with Crippen LogP contribution in [0.4, 0.5) is 0 Å². The molecule has 1 saturated carbocycles. The molecule has 116 valence electrons. The van der Waals surface area contributed by atoms with Gasteiger partial charge < -0.3 is 9.47 Å². The van der Waals surface area contributed by atoms with E-state index in [9.17, 15) is 9.59 Å². The van der Waals surface area contributed by atoms with E-state index in [0.717, 1.165) is 17.0 Å². The average molecular weight is 310 g/mol. The van der Waals surface area contributed by atoms with Crippen LogP contribution in [0.15, 0.2) is 35.5 Å². The molecule has 0 unspecified atom stereocenters. The van der Waals surface area contributed by atoms with E-state index < -0.39 is 0 Å². The molecule has 0 aromatic heterocycles. The summed E-state index contributed by atoms with van der Waals surface area (Å²) < 4.78 is 10.6. The highest BCUT2D eigenvalue weighted by molar-refractivity contribution is 6.06. The molecule has 6 nitrogen and oxygen atoms in total. The third-order valence-corrected chi connectivity index (χ3v) is 5.17. The van der Waals surface area contributed by atoms with E-state index in [1.807, 2.05) is 6.07 Å². The second-order valence-corrected chi connectivity index (χ2v) is 6.35. The summed E-state index contributed by atoms with van der Waals surface area (Å²) in [5.74, 6) is 0.958. The van der Waals surface area contributed by atoms with Crippen LogP contribution in [-0.4, -0.2) is 29.8 Å². The molecule has 2 bridgehead atoms. The van der Waals surface area contributed by atoms with Crippen LogP contribution < -0.4 is 9.47 Å². The van der Waals surface area contributed by atoms with Gasteiger partial charge in [0.2, 0.25) is 6.79 Å². The van der Waals surface area contributed by atoms with E-state index >= 15 is 0 Å². The molecule has 2 aliphatic carbocycles. The van der Waals surface area contributed by atoms with Gasteiger partial charge in [0.05, 0.1) is 18.1 Å². The molecule has 1 aromatic carbocycles. The van der Waals surface area contributed by atoms with Crippen LogP contribution in [0.1, 0.15) is 12.0 Å². The minimum atomic E-state index is -0.216. The lowest BCUT2D eigenvalue weighted by Gasteiger charge is -2.13. The van der Waals surface area contributed by atoms with Crippen molar-refractivity contribution in [3.05, 3.63) is 35.9 Å². The summed E-state index contributed by atoms with van der Waals surface area (Å²) in [6.45, 7) is 0.207. The van der Waals surface area contributed by atoms with Gasteiger partial charge in [-0.25, -0.2) is 0 Å². The summed E-state index contributed by atoms with van der Waals surface area (Å²) in [6.07, 6.45) is 6.59. The Morgan fingerprint density at radius 3 is 2.48 bits per heavy atom. The molecule has 4 atom stereocenters. The smallest absolute Gasteiger partial charge is 0.254 e. The number of carbonyl (C=O) groups is 2. The molecule has 4 aliphatic rings. The number of hydrogen-bond acceptors (Lipinski definition) is 5. The molecule has 2 amide bonds. The number of amides is 2. The molecule has 23 heavy (non-hydrogen) atoms. The molecule has 1 saturated heterocycles. The van der Waals surface area contributed by atoms with Gasteiger partial charge in [-0.05, 0) is 42.0 Å². The first kappa shape index (κ1) is 12.9. The minimum absolute atomic E-state index is 0.172. The Morgan fingerprint density at radius 1 is 1.04 bits per heavy atom. The van der Waals surface area contributed by atoms with E-state index in [1.165, 1.54) is 6.21 Å². The lowest BCUT2D eigenvalue weighted by Crippen LogP contribution is -2.28. The fraction of sp³-hybridized carbons (Fsp3) is 0.353. The van der Waals surface area contributed by atoms with Crippen LogP contribution in [0.5, 0.6) is 11.5 Å². The van der Waals surface area contributed by atoms with Crippen LogP contribution >= 0.6 is 0 Å². The monoisotopic (exact) mass is 310 g/mol. The predicted molar refractivity (Wildman–Crippen MR) is 79.7 cm³/mol. The Morgan fingerprint density at radius 2 is 1.74 bits per heavy atom. The number of hydrogen-bond donors (Lipinski definition) is 0. The number of fused-ring (bicyclic) bond motifs is 6. The zero-order valence-electron chi connectivity index (χ0n) is 12.2. The number of carbonyl (C=O) groups excluding carboxylic acids is 2. The van der Waals surface area contributed by atoms with Crippen molar-refractivity contribution < 1.29 is 19.1 Å². The molecule has 1 aromatic rings. The third kappa shape index (κ3) is 1.72. The number of imide groups is 1. The zero-order chi connectivity index (χ0) is 15.6. The molecule has 6 heteroatoms. The molecule has 2 fully saturated rings. The maximum absolute atomic E-state index is 12.5. The molecule has 2 aliphatic heterocycles. The van der Waals surface area contributed by atoms with Crippen LogP contribution in [0.2, 0.25) is 0 Å². The number of rotatable bonds is 2. The Labute approximate surface area is 132 Å². The van der Waals surface area contributed by atoms with Gasteiger partial charge in [-0.15, -0.1) is 0 Å². The first-order valence-electron chi connectivity index (χ1n) is 7.72. The lowest BCUT2D eigenvalue weighted by molar-refractivity contribution is -0.140. The molecule has 0 N–H and O–H groups in total. The van der Waals surface area contributed by atoms with E-state index in [1.54, 1.807) is 12.1 Å². The zero-order valence-corrected chi connectivity index (χ0v) is 12.2. The van der Waals surface area contributed by atoms with Crippen LogP contribution in [-0.2, 0) is 9.59 Å². The highest BCUT2D eigenvalue weighted by atomic mass is 16.7. The van der Waals surface area contributed by atoms with Crippen molar-refractivity contribution in [1.82, 2.24) is 5.01 Å². The van der Waals surface area contributed by atoms with E-state index in [-0.39, 0.29) is 42.3 Å². The van der Waals surface area contributed by atoms with Crippen molar-refractivity contribution >= 4 is 18.0 Å². The van der Waals surface area contributed by atoms with Crippen molar-refractivity contribution in [3.8, 4) is 11.5 Å². The standard InChI is InChI=1S/C17H14N2O4/c20-16-14-10-2-3-11(6-10)15(14)17(21)19(16)18-7-9-1-4-12-13(5-9)23-8-22-12/h1-5,7,10-11,14-15H,6,8H2/b18-7-/t10-,11-,14-,15-/m0/s1. The number of benzene rings is 1. The highest BCUT2D eigenvalue weighted by Gasteiger charge is 2.59. The average Bonchev–Trinajstić information content (AvgIpc) is 3.30. The Kier molecular flexibility index (Phi) is 2.48. The first-order chi connectivity index (χ1) is 11.2. The first-order valence-corrected chi connectivity index (χ1v) is 7.72. The molecular formula is C17H14N2O4. The summed E-state index contributed by atoms with van der Waals surface area (Å²) >= 11 is 0. The molecule has 0 spiro atoms. The highest BCUT2D eigenvalue weighted by Crippen LogP contribution is 2.52. The third-order valence-electron chi connectivity index (χ3n) is 5.17. The van der Waals surface area contributed by atoms with Crippen molar-refractivity contribution in [3.63, 3.8) is 0 Å². The van der Waals surface area contributed by atoms with Gasteiger partial charge in [0.1, 0.15) is 0 Å². The number of nitrogens with zero attached hydrogens (tertiary/aromatic N) is 2. The normalized spacial score (nSPS) is 33.3. The van der Waals surface area contributed by atoms with Gasteiger partial charge in [0, 0.05) is 0 Å². The van der Waals surface area contributed by atoms with Gasteiger partial charge in [-0.3, -0.25) is 9.59 Å². The number of hydrazone groups is 1. The van der Waals surface area contributed by atoms with Crippen molar-refractivity contribution in [1.29, 1.82) is 0 Å². The van der Waals surface area contributed by atoms with Crippen LogP contribution in [0.25, 0.3) is 0 Å². The summed E-state index contributed by atoms with van der Waals surface area (Å²) in [6, 6.07) is 5.38. The fourth-order valence-electron chi connectivity index (χ4n) is 4.12. The second kappa shape index (κ2) is 4.44. The molecule has 5 rings (SSSR count). The Balaban J connectivity index is 1.41. The molecular weight excluding hydrogens is 296 g/mol. The topological polar surface area (TPSA) is 68.2 Å². The second-order valence-electron chi connectivity index (χ2n) is 6.35. The van der Waals surface area contributed by atoms with Gasteiger partial charge in [-0.1, -0.05) is 12.2 Å². The van der Waals surface area contributed by atoms with Gasteiger partial charge >= 0.3 is 0 Å². The fourth-order valence-corrected chi connectivity index (χ4v) is 4.12. The molecule has 0 radical (unpaired) electrons. The van der Waals surface area contributed by atoms with Gasteiger partial charge in [-0.2, -0.15) is 10.1 Å². The van der Waals surface area contributed by atoms with Crippen LogP contribution in [0, 0.1) is 23.7 Å². The van der Waals surface area contributed by atoms with Gasteiger partial charge in [0.15, 0.2) is 11.5 Å². The maximum Gasteiger partial charge on any atom is 0.254 e. The summed E-state index contributed by atoms with van der Waals surface area (Å²) in [5.41, 5.74) is 0.757. The Hall–Kier alpha value is -2.63. The number of allylic oxidation sites excluding steroid dienone is 2. The van der Waals surface area contributed by atoms with Crippen molar-refractivity contribution in [2.75, 3.05) is 6.79 Å². The molecule has 2 heterocycles. The van der Waals surface area contributed by atoms with E-state index in [4.69, 9.17) is 9.47 Å². The lowest BCUT2D eigenvalue weighted by atomic mass is 9.85. The Bertz CT molecular complexity index is 755. The quantitative estimate of drug-likeness (QED) is 0.472. The minimum Gasteiger partial charge on any atom is -0.454 e. The summed E-state index contributed by atoms with van der Waals surface area (Å²) in [7, 11) is 0. The predicted octanol–water partition coefficient (Wildman–Crippen LogP) is 1.56. The van der Waals surface area contributed by atoms with E-state index in [0.29, 0.717) is 11.5 Å².